The number of ether oxygens (including phenoxy) is 2. The summed E-state index contributed by atoms with van der Waals surface area (Å²) in [4.78, 5) is 29.2. The van der Waals surface area contributed by atoms with E-state index in [1.807, 2.05) is 11.9 Å². The number of halogens is 3. The maximum absolute atomic E-state index is 14.7. The van der Waals surface area contributed by atoms with Gasteiger partial charge in [-0.3, -0.25) is 9.69 Å². The maximum atomic E-state index is 14.7. The number of alkyl halides is 1. The second kappa shape index (κ2) is 13.5. The Morgan fingerprint density at radius 1 is 1.26 bits per heavy atom. The van der Waals surface area contributed by atoms with Gasteiger partial charge in [-0.15, -0.1) is 0 Å². The average molecular weight is 642 g/mol. The van der Waals surface area contributed by atoms with Crippen molar-refractivity contribution in [1.82, 2.24) is 29.9 Å². The molecule has 2 fully saturated rings. The molecule has 0 saturated carbocycles. The molecule has 2 aliphatic heterocycles. The molecule has 5 rings (SSSR count). The first-order valence-electron chi connectivity index (χ1n) is 15.9. The Hall–Kier alpha value is -4.51. The lowest BCUT2D eigenvalue weighted by atomic mass is 9.83. The fourth-order valence-electron chi connectivity index (χ4n) is 6.14. The number of hydrogen-bond donors (Lipinski definition) is 0. The van der Waals surface area contributed by atoms with Gasteiger partial charge in [-0.1, -0.05) is 17.8 Å². The zero-order valence-corrected chi connectivity index (χ0v) is 25.9. The quantitative estimate of drug-likeness (QED) is 0.285. The van der Waals surface area contributed by atoms with Crippen molar-refractivity contribution in [3.8, 4) is 29.5 Å². The molecule has 0 spiro atoms. The molecule has 46 heavy (non-hydrogen) atoms. The number of benzene rings is 1. The van der Waals surface area contributed by atoms with Crippen LogP contribution >= 0.6 is 0 Å². The second-order valence-corrected chi connectivity index (χ2v) is 12.1. The number of aromatic nitrogens is 4. The number of nitriles is 1. The van der Waals surface area contributed by atoms with E-state index in [1.54, 1.807) is 6.92 Å². The summed E-state index contributed by atoms with van der Waals surface area (Å²) < 4.78 is 76.1. The van der Waals surface area contributed by atoms with Crippen LogP contribution in [0.2, 0.25) is 0 Å². The van der Waals surface area contributed by atoms with Gasteiger partial charge in [0, 0.05) is 43.6 Å². The van der Waals surface area contributed by atoms with E-state index in [4.69, 9.17) is 16.7 Å². The van der Waals surface area contributed by atoms with Crippen LogP contribution in [0.25, 0.3) is 11.6 Å². The Kier molecular flexibility index (Phi) is 8.83. The van der Waals surface area contributed by atoms with Crippen LogP contribution in [-0.4, -0.2) is 86.4 Å². The Morgan fingerprint density at radius 2 is 2.00 bits per heavy atom. The molecule has 0 N–H and O–H groups in total. The van der Waals surface area contributed by atoms with Gasteiger partial charge < -0.3 is 18.9 Å². The fourth-order valence-corrected chi connectivity index (χ4v) is 6.14. The molecule has 1 aromatic carbocycles. The number of piperidine rings is 1. The van der Waals surface area contributed by atoms with Crippen LogP contribution in [0, 0.1) is 23.0 Å². The first kappa shape index (κ1) is 30.2. The summed E-state index contributed by atoms with van der Waals surface area (Å²) in [6.07, 6.45) is -0.161. The van der Waals surface area contributed by atoms with Gasteiger partial charge in [0.25, 0.3) is 0 Å². The molecule has 0 unspecified atom stereocenters. The third-order valence-corrected chi connectivity index (χ3v) is 8.51. The van der Waals surface area contributed by atoms with Crippen LogP contribution in [-0.2, 0) is 10.2 Å². The molecule has 5 atom stereocenters. The molecule has 1 amide bonds. The molecule has 3 aromatic rings. The molecule has 11 nitrogen and oxygen atoms in total. The summed E-state index contributed by atoms with van der Waals surface area (Å²) in [6, 6.07) is 6.32. The van der Waals surface area contributed by atoms with Gasteiger partial charge in [0.15, 0.2) is 0 Å². The monoisotopic (exact) mass is 641 g/mol. The minimum absolute atomic E-state index is 0.0141. The second-order valence-electron chi connectivity index (χ2n) is 12.1. The van der Waals surface area contributed by atoms with E-state index in [0.717, 1.165) is 18.2 Å². The van der Waals surface area contributed by atoms with Gasteiger partial charge in [0.2, 0.25) is 35.2 Å². The van der Waals surface area contributed by atoms with E-state index in [0.29, 0.717) is 6.42 Å². The largest absolute Gasteiger partial charge is 0.474 e. The SMILES string of the molecule is [2H]C([2H])=CC(=O)N1CC[C@H](Oc2cc(O[C@@H](C)[C@@H]3C[C@@H](F)CN3C)nc(-c3noc(C(C)(C)c4c(F)cccc4F)n3)n2)C[C@H]1CC#N. The first-order valence-corrected chi connectivity index (χ1v) is 14.9. The number of nitrogens with zero attached hydrogens (tertiary/aromatic N) is 7. The summed E-state index contributed by atoms with van der Waals surface area (Å²) in [7, 11) is 1.81. The van der Waals surface area contributed by atoms with Gasteiger partial charge in [-0.05, 0) is 52.4 Å². The number of carbonyl (C=O) groups excluding carboxylic acids is 1. The van der Waals surface area contributed by atoms with Crippen molar-refractivity contribution in [3.05, 3.63) is 60.0 Å². The van der Waals surface area contributed by atoms with Crippen molar-refractivity contribution in [2.45, 2.75) is 82.3 Å². The van der Waals surface area contributed by atoms with Crippen LogP contribution < -0.4 is 9.47 Å². The van der Waals surface area contributed by atoms with Gasteiger partial charge >= 0.3 is 0 Å². The summed E-state index contributed by atoms with van der Waals surface area (Å²) in [5, 5.41) is 13.4. The van der Waals surface area contributed by atoms with E-state index in [2.05, 4.69) is 26.2 Å². The minimum atomic E-state index is -1.37. The summed E-state index contributed by atoms with van der Waals surface area (Å²) in [6.45, 7) is 4.73. The normalized spacial score (nSPS) is 23.2. The molecule has 0 radical (unpaired) electrons. The highest BCUT2D eigenvalue weighted by Crippen LogP contribution is 2.35. The van der Waals surface area contributed by atoms with Crippen LogP contribution in [0.1, 0.15) is 60.7 Å². The summed E-state index contributed by atoms with van der Waals surface area (Å²) in [5.41, 5.74) is -1.62. The molecule has 0 aliphatic carbocycles. The molecular weight excluding hydrogens is 603 g/mol. The number of hydrogen-bond acceptors (Lipinski definition) is 10. The summed E-state index contributed by atoms with van der Waals surface area (Å²) >= 11 is 0. The van der Waals surface area contributed by atoms with Crippen LogP contribution in [0.4, 0.5) is 13.2 Å². The highest BCUT2D eigenvalue weighted by molar-refractivity contribution is 5.87. The predicted octanol–water partition coefficient (Wildman–Crippen LogP) is 4.78. The van der Waals surface area contributed by atoms with Crippen molar-refractivity contribution in [2.75, 3.05) is 20.1 Å². The van der Waals surface area contributed by atoms with Gasteiger partial charge in [-0.2, -0.15) is 20.2 Å². The number of likely N-dealkylation sites (tertiary alicyclic amines) is 2. The van der Waals surface area contributed by atoms with Crippen molar-refractivity contribution in [2.24, 2.45) is 0 Å². The number of likely N-dealkylation sites (N-methyl/N-ethyl adjacent to an activating group) is 1. The highest BCUT2D eigenvalue weighted by atomic mass is 19.1. The average Bonchev–Trinajstić information content (AvgIpc) is 3.64. The molecule has 2 aromatic heterocycles. The first-order chi connectivity index (χ1) is 22.8. The van der Waals surface area contributed by atoms with Gasteiger partial charge in [0.1, 0.15) is 30.0 Å². The third kappa shape index (κ3) is 6.84. The molecule has 2 aliphatic rings. The zero-order chi connectivity index (χ0) is 34.7. The molecule has 2 saturated heterocycles. The van der Waals surface area contributed by atoms with E-state index in [1.165, 1.54) is 30.9 Å². The molecule has 244 valence electrons. The smallest absolute Gasteiger partial charge is 0.246 e. The van der Waals surface area contributed by atoms with E-state index < -0.39 is 53.9 Å². The van der Waals surface area contributed by atoms with Crippen molar-refractivity contribution < 1.29 is 34.7 Å². The third-order valence-electron chi connectivity index (χ3n) is 8.51. The Balaban J connectivity index is 1.45. The lowest BCUT2D eigenvalue weighted by molar-refractivity contribution is -0.130. The Labute approximate surface area is 267 Å². The standard InChI is InChI=1S/C32H36F3N7O4/c1-6-27(43)42-13-11-21(15-20(42)10-12-36)45-26-16-25(44-18(2)24-14-19(33)17-41(24)5)37-29(38-26)30-39-31(46-40-30)32(3,4)28-22(34)8-7-9-23(28)35/h6-9,16,18-21,24H,1,10-11,13-15,17H2,2-5H3/t18-,19+,20+,21-,24-/m0/s1/i1D2. The molecule has 4 heterocycles. The lowest BCUT2D eigenvalue weighted by Gasteiger charge is -2.37. The fraction of sp³-hybridized carbons (Fsp3) is 0.500. The highest BCUT2D eigenvalue weighted by Gasteiger charge is 2.37. The Morgan fingerprint density at radius 3 is 2.67 bits per heavy atom. The van der Waals surface area contributed by atoms with E-state index in [-0.39, 0.29) is 73.3 Å². The summed E-state index contributed by atoms with van der Waals surface area (Å²) in [5.74, 6) is -2.20. The lowest BCUT2D eigenvalue weighted by Crippen LogP contribution is -2.48. The van der Waals surface area contributed by atoms with Crippen LogP contribution in [0.3, 0.4) is 0 Å². The van der Waals surface area contributed by atoms with Crippen molar-refractivity contribution in [1.29, 1.82) is 5.26 Å². The van der Waals surface area contributed by atoms with E-state index >= 15 is 0 Å². The van der Waals surface area contributed by atoms with Gasteiger partial charge in [-0.25, -0.2) is 13.2 Å². The molecular formula is C32H36F3N7O4. The topological polar surface area (TPSA) is 130 Å². The Bertz CT molecular complexity index is 1690. The predicted molar refractivity (Wildman–Crippen MR) is 159 cm³/mol. The zero-order valence-electron chi connectivity index (χ0n) is 27.9. The van der Waals surface area contributed by atoms with Gasteiger partial charge in [0.05, 0.1) is 26.7 Å². The maximum Gasteiger partial charge on any atom is 0.246 e. The number of amides is 1. The molecule has 0 bridgehead atoms. The minimum Gasteiger partial charge on any atom is -0.474 e. The number of carbonyl (C=O) groups is 1. The number of rotatable bonds is 10. The van der Waals surface area contributed by atoms with Crippen molar-refractivity contribution >= 4 is 5.91 Å². The van der Waals surface area contributed by atoms with Crippen LogP contribution in [0.15, 0.2) is 41.4 Å². The van der Waals surface area contributed by atoms with Crippen molar-refractivity contribution in [3.63, 3.8) is 0 Å². The van der Waals surface area contributed by atoms with E-state index in [9.17, 15) is 23.2 Å². The van der Waals surface area contributed by atoms with Crippen LogP contribution in [0.5, 0.6) is 11.8 Å². The molecule has 14 heteroatoms.